The second-order valence-corrected chi connectivity index (χ2v) is 6.78. The summed E-state index contributed by atoms with van der Waals surface area (Å²) in [6.07, 6.45) is 3.61. The highest BCUT2D eigenvalue weighted by Crippen LogP contribution is 2.24. The van der Waals surface area contributed by atoms with Gasteiger partial charge in [-0.25, -0.2) is 13.1 Å². The first-order chi connectivity index (χ1) is 9.06. The molecule has 0 heterocycles. The van der Waals surface area contributed by atoms with Crippen LogP contribution in [0.25, 0.3) is 0 Å². The maximum absolute atomic E-state index is 12.3. The molecule has 19 heavy (non-hydrogen) atoms. The highest BCUT2D eigenvalue weighted by Gasteiger charge is 2.29. The van der Waals surface area contributed by atoms with E-state index < -0.39 is 10.0 Å². The van der Waals surface area contributed by atoms with Crippen molar-refractivity contribution in [1.29, 1.82) is 0 Å². The van der Waals surface area contributed by atoms with Gasteiger partial charge < -0.3 is 5.32 Å². The number of likely N-dealkylation sites (N-methyl/N-ethyl adjacent to an activating group) is 1. The Bertz CT molecular complexity index is 520. The van der Waals surface area contributed by atoms with Crippen LogP contribution in [0.2, 0.25) is 0 Å². The molecule has 1 aliphatic carbocycles. The Morgan fingerprint density at radius 3 is 2.58 bits per heavy atom. The molecule has 2 rings (SSSR count). The van der Waals surface area contributed by atoms with Crippen LogP contribution in [0.5, 0.6) is 0 Å². The van der Waals surface area contributed by atoms with Gasteiger partial charge in [0.25, 0.3) is 0 Å². The first-order valence-electron chi connectivity index (χ1n) is 6.84. The third-order valence-electron chi connectivity index (χ3n) is 3.53. The van der Waals surface area contributed by atoms with Crippen molar-refractivity contribution in [3.63, 3.8) is 0 Å². The quantitative estimate of drug-likeness (QED) is 0.800. The topological polar surface area (TPSA) is 58.2 Å². The SMILES string of the molecule is CCC(Cc1ccccc1S(=O)(=O)NC1CC1)NC. The smallest absolute Gasteiger partial charge is 0.241 e. The second kappa shape index (κ2) is 6.03. The highest BCUT2D eigenvalue weighted by atomic mass is 32.2. The number of rotatable bonds is 7. The third kappa shape index (κ3) is 3.78. The lowest BCUT2D eigenvalue weighted by atomic mass is 10.0. The van der Waals surface area contributed by atoms with Gasteiger partial charge in [-0.1, -0.05) is 25.1 Å². The van der Waals surface area contributed by atoms with Crippen LogP contribution in [0.4, 0.5) is 0 Å². The molecule has 1 atom stereocenters. The standard InChI is InChI=1S/C14H22N2O2S/c1-3-12(15-2)10-11-6-4-5-7-14(11)19(17,18)16-13-8-9-13/h4-7,12-13,15-16H,3,8-10H2,1-2H3. The fourth-order valence-electron chi connectivity index (χ4n) is 2.13. The zero-order valence-electron chi connectivity index (χ0n) is 11.5. The molecule has 2 N–H and O–H groups in total. The van der Waals surface area contributed by atoms with Gasteiger partial charge in [0.15, 0.2) is 0 Å². The normalized spacial score (nSPS) is 17.4. The van der Waals surface area contributed by atoms with Crippen LogP contribution in [0.15, 0.2) is 29.2 Å². The highest BCUT2D eigenvalue weighted by molar-refractivity contribution is 7.89. The lowest BCUT2D eigenvalue weighted by molar-refractivity contribution is 0.536. The first kappa shape index (κ1) is 14.5. The van der Waals surface area contributed by atoms with Crippen LogP contribution < -0.4 is 10.0 Å². The third-order valence-corrected chi connectivity index (χ3v) is 5.15. The molecular weight excluding hydrogens is 260 g/mol. The summed E-state index contributed by atoms with van der Waals surface area (Å²) in [6.45, 7) is 2.10. The maximum atomic E-state index is 12.3. The molecular formula is C14H22N2O2S. The maximum Gasteiger partial charge on any atom is 0.241 e. The molecule has 1 fully saturated rings. The number of benzene rings is 1. The molecule has 1 aromatic carbocycles. The van der Waals surface area contributed by atoms with E-state index in [1.165, 1.54) is 0 Å². The lowest BCUT2D eigenvalue weighted by Crippen LogP contribution is -2.30. The van der Waals surface area contributed by atoms with E-state index in [1.807, 2.05) is 19.2 Å². The molecule has 4 nitrogen and oxygen atoms in total. The molecule has 5 heteroatoms. The molecule has 0 radical (unpaired) electrons. The van der Waals surface area contributed by atoms with E-state index in [1.54, 1.807) is 12.1 Å². The van der Waals surface area contributed by atoms with Crippen molar-refractivity contribution in [2.75, 3.05) is 7.05 Å². The van der Waals surface area contributed by atoms with E-state index in [0.717, 1.165) is 31.2 Å². The van der Waals surface area contributed by atoms with Gasteiger partial charge in [-0.15, -0.1) is 0 Å². The fraction of sp³-hybridized carbons (Fsp3) is 0.571. The minimum Gasteiger partial charge on any atom is -0.317 e. The average molecular weight is 282 g/mol. The van der Waals surface area contributed by atoms with Crippen LogP contribution in [0.3, 0.4) is 0 Å². The van der Waals surface area contributed by atoms with Gasteiger partial charge in [0.1, 0.15) is 0 Å². The summed E-state index contributed by atoms with van der Waals surface area (Å²) in [6, 6.07) is 7.73. The molecule has 1 saturated carbocycles. The molecule has 0 aliphatic heterocycles. The summed E-state index contributed by atoms with van der Waals surface area (Å²) >= 11 is 0. The molecule has 1 aliphatic rings. The van der Waals surface area contributed by atoms with Crippen molar-refractivity contribution in [2.24, 2.45) is 0 Å². The van der Waals surface area contributed by atoms with E-state index in [0.29, 0.717) is 10.9 Å². The first-order valence-corrected chi connectivity index (χ1v) is 8.32. The van der Waals surface area contributed by atoms with Crippen LogP contribution in [-0.2, 0) is 16.4 Å². The van der Waals surface area contributed by atoms with Gasteiger partial charge in [-0.3, -0.25) is 0 Å². The average Bonchev–Trinajstić information content (AvgIpc) is 3.19. The Morgan fingerprint density at radius 2 is 2.00 bits per heavy atom. The van der Waals surface area contributed by atoms with Gasteiger partial charge in [0, 0.05) is 12.1 Å². The second-order valence-electron chi connectivity index (χ2n) is 5.10. The van der Waals surface area contributed by atoms with Gasteiger partial charge in [-0.2, -0.15) is 0 Å². The van der Waals surface area contributed by atoms with Crippen molar-refractivity contribution in [3.05, 3.63) is 29.8 Å². The van der Waals surface area contributed by atoms with E-state index >= 15 is 0 Å². The van der Waals surface area contributed by atoms with Crippen LogP contribution >= 0.6 is 0 Å². The number of sulfonamides is 1. The minimum atomic E-state index is -3.37. The summed E-state index contributed by atoms with van der Waals surface area (Å²) in [4.78, 5) is 0.426. The largest absolute Gasteiger partial charge is 0.317 e. The molecule has 1 aromatic rings. The molecule has 1 unspecified atom stereocenters. The molecule has 0 saturated heterocycles. The predicted octanol–water partition coefficient (Wildman–Crippen LogP) is 1.67. The molecule has 0 amide bonds. The van der Waals surface area contributed by atoms with Gasteiger partial charge in [-0.05, 0) is 44.4 Å². The summed E-state index contributed by atoms with van der Waals surface area (Å²) < 4.78 is 27.4. The summed E-state index contributed by atoms with van der Waals surface area (Å²) in [5.41, 5.74) is 0.886. The Morgan fingerprint density at radius 1 is 1.32 bits per heavy atom. The van der Waals surface area contributed by atoms with Crippen LogP contribution in [0, 0.1) is 0 Å². The van der Waals surface area contributed by atoms with Crippen molar-refractivity contribution in [1.82, 2.24) is 10.0 Å². The Hall–Kier alpha value is -0.910. The molecule has 0 spiro atoms. The summed E-state index contributed by atoms with van der Waals surface area (Å²) in [5, 5.41) is 3.22. The Labute approximate surface area is 115 Å². The Balaban J connectivity index is 2.24. The monoisotopic (exact) mass is 282 g/mol. The molecule has 106 valence electrons. The van der Waals surface area contributed by atoms with Gasteiger partial charge in [0.2, 0.25) is 10.0 Å². The zero-order chi connectivity index (χ0) is 13.9. The van der Waals surface area contributed by atoms with Gasteiger partial charge in [0.05, 0.1) is 4.90 Å². The van der Waals surface area contributed by atoms with Crippen molar-refractivity contribution in [2.45, 2.75) is 49.6 Å². The zero-order valence-corrected chi connectivity index (χ0v) is 12.3. The van der Waals surface area contributed by atoms with E-state index in [9.17, 15) is 8.42 Å². The van der Waals surface area contributed by atoms with E-state index in [2.05, 4.69) is 17.0 Å². The van der Waals surface area contributed by atoms with Crippen LogP contribution in [-0.4, -0.2) is 27.5 Å². The van der Waals surface area contributed by atoms with Crippen LogP contribution in [0.1, 0.15) is 31.7 Å². The number of hydrogen-bond acceptors (Lipinski definition) is 3. The molecule has 0 aromatic heterocycles. The minimum absolute atomic E-state index is 0.143. The van der Waals surface area contributed by atoms with Crippen molar-refractivity contribution < 1.29 is 8.42 Å². The van der Waals surface area contributed by atoms with E-state index in [4.69, 9.17) is 0 Å². The lowest BCUT2D eigenvalue weighted by Gasteiger charge is -2.16. The van der Waals surface area contributed by atoms with Crippen molar-refractivity contribution in [3.8, 4) is 0 Å². The molecule has 0 bridgehead atoms. The fourth-order valence-corrected chi connectivity index (χ4v) is 3.69. The van der Waals surface area contributed by atoms with Gasteiger partial charge >= 0.3 is 0 Å². The van der Waals surface area contributed by atoms with Crippen molar-refractivity contribution >= 4 is 10.0 Å². The Kier molecular flexibility index (Phi) is 4.60. The summed E-state index contributed by atoms with van der Waals surface area (Å²) in [5.74, 6) is 0. The predicted molar refractivity (Wildman–Crippen MR) is 76.6 cm³/mol. The summed E-state index contributed by atoms with van der Waals surface area (Å²) in [7, 11) is -1.46. The van der Waals surface area contributed by atoms with E-state index in [-0.39, 0.29) is 6.04 Å². The number of nitrogens with one attached hydrogen (secondary N) is 2. The number of hydrogen-bond donors (Lipinski definition) is 2.